The number of guanidine groups is 1. The van der Waals surface area contributed by atoms with Crippen LogP contribution in [0.5, 0.6) is 0 Å². The number of hydrogen-bond donors (Lipinski definition) is 3. The molecule has 3 N–H and O–H groups in total. The molecule has 2 rings (SSSR count). The van der Waals surface area contributed by atoms with E-state index in [0.717, 1.165) is 25.7 Å². The lowest BCUT2D eigenvalue weighted by molar-refractivity contribution is 0.0950. The maximum absolute atomic E-state index is 13.6. The summed E-state index contributed by atoms with van der Waals surface area (Å²) in [5.74, 6) is 0.390. The average molecular weight is 397 g/mol. The maximum atomic E-state index is 13.6. The van der Waals surface area contributed by atoms with Crippen LogP contribution in [0.25, 0.3) is 0 Å². The number of rotatable bonds is 7. The number of amides is 1. The molecule has 8 heteroatoms. The van der Waals surface area contributed by atoms with Crippen LogP contribution in [0, 0.1) is 5.82 Å². The van der Waals surface area contributed by atoms with Gasteiger partial charge in [0.15, 0.2) is 5.96 Å². The zero-order chi connectivity index (χ0) is 19.6. The summed E-state index contributed by atoms with van der Waals surface area (Å²) in [6.07, 6.45) is 3.99. The summed E-state index contributed by atoms with van der Waals surface area (Å²) >= 11 is 0. The second kappa shape index (κ2) is 11.0. The van der Waals surface area contributed by atoms with Crippen LogP contribution in [0.15, 0.2) is 29.3 Å². The fourth-order valence-electron chi connectivity index (χ4n) is 3.24. The molecule has 1 amide bonds. The minimum Gasteiger partial charge on any atom is -0.355 e. The molecule has 1 aromatic rings. The van der Waals surface area contributed by atoms with E-state index < -0.39 is 22.5 Å². The van der Waals surface area contributed by atoms with Crippen LogP contribution in [-0.4, -0.2) is 53.3 Å². The van der Waals surface area contributed by atoms with Gasteiger partial charge in [0, 0.05) is 48.0 Å². The third kappa shape index (κ3) is 6.61. The molecule has 1 aliphatic rings. The molecular formula is C19H29FN4O2S. The SMILES string of the molecule is CCS(=O)C1CCCC(NC(=NC)NCCNC(=O)c2ccccc2F)C1. The molecule has 0 spiro atoms. The lowest BCUT2D eigenvalue weighted by atomic mass is 9.95. The summed E-state index contributed by atoms with van der Waals surface area (Å²) in [5, 5.41) is 9.46. The van der Waals surface area contributed by atoms with Gasteiger partial charge in [0.2, 0.25) is 0 Å². The Balaban J connectivity index is 1.73. The molecule has 0 aromatic heterocycles. The van der Waals surface area contributed by atoms with Gasteiger partial charge in [-0.15, -0.1) is 0 Å². The van der Waals surface area contributed by atoms with Gasteiger partial charge in [-0.2, -0.15) is 0 Å². The standard InChI is InChI=1S/C19H29FN4O2S/c1-3-27(26)15-8-6-7-14(13-15)24-19(21-2)23-12-11-22-18(25)16-9-4-5-10-17(16)20/h4-5,9-10,14-15H,3,6-8,11-13H2,1-2H3,(H,22,25)(H2,21,23,24). The normalized spacial score (nSPS) is 21.4. The van der Waals surface area contributed by atoms with E-state index in [1.54, 1.807) is 19.2 Å². The summed E-state index contributed by atoms with van der Waals surface area (Å²) in [4.78, 5) is 16.2. The highest BCUT2D eigenvalue weighted by Gasteiger charge is 2.26. The second-order valence-electron chi connectivity index (χ2n) is 6.53. The van der Waals surface area contributed by atoms with Gasteiger partial charge in [-0.25, -0.2) is 4.39 Å². The molecule has 3 unspecified atom stereocenters. The van der Waals surface area contributed by atoms with Crippen molar-refractivity contribution in [3.05, 3.63) is 35.6 Å². The molecule has 27 heavy (non-hydrogen) atoms. The van der Waals surface area contributed by atoms with Crippen LogP contribution >= 0.6 is 0 Å². The Labute approximate surface area is 162 Å². The molecule has 1 saturated carbocycles. The van der Waals surface area contributed by atoms with Gasteiger partial charge >= 0.3 is 0 Å². The zero-order valence-corrected chi connectivity index (χ0v) is 16.8. The van der Waals surface area contributed by atoms with Gasteiger partial charge in [0.1, 0.15) is 5.82 Å². The molecule has 6 nitrogen and oxygen atoms in total. The van der Waals surface area contributed by atoms with E-state index in [-0.39, 0.29) is 16.9 Å². The number of aliphatic imine (C=N–C) groups is 1. The Bertz CT molecular complexity index is 683. The molecule has 0 heterocycles. The number of hydrogen-bond acceptors (Lipinski definition) is 3. The Kier molecular flexibility index (Phi) is 8.71. The molecule has 1 fully saturated rings. The fourth-order valence-corrected chi connectivity index (χ4v) is 4.58. The Hall–Kier alpha value is -1.96. The van der Waals surface area contributed by atoms with Crippen molar-refractivity contribution in [2.24, 2.45) is 4.99 Å². The monoisotopic (exact) mass is 396 g/mol. The Morgan fingerprint density at radius 2 is 2.00 bits per heavy atom. The van der Waals surface area contributed by atoms with Crippen molar-refractivity contribution in [2.45, 2.75) is 43.9 Å². The van der Waals surface area contributed by atoms with Crippen LogP contribution in [0.3, 0.4) is 0 Å². The number of nitrogens with zero attached hydrogens (tertiary/aromatic N) is 1. The van der Waals surface area contributed by atoms with Gasteiger partial charge in [0.05, 0.1) is 5.56 Å². The third-order valence-electron chi connectivity index (χ3n) is 4.67. The van der Waals surface area contributed by atoms with Gasteiger partial charge in [-0.1, -0.05) is 25.5 Å². The van der Waals surface area contributed by atoms with E-state index in [2.05, 4.69) is 20.9 Å². The largest absolute Gasteiger partial charge is 0.355 e. The van der Waals surface area contributed by atoms with Crippen molar-refractivity contribution in [3.63, 3.8) is 0 Å². The van der Waals surface area contributed by atoms with Crippen molar-refractivity contribution < 1.29 is 13.4 Å². The molecule has 0 bridgehead atoms. The summed E-state index contributed by atoms with van der Waals surface area (Å²) < 4.78 is 25.6. The Morgan fingerprint density at radius 1 is 1.26 bits per heavy atom. The van der Waals surface area contributed by atoms with Crippen molar-refractivity contribution in [1.29, 1.82) is 0 Å². The van der Waals surface area contributed by atoms with E-state index in [0.29, 0.717) is 24.8 Å². The first-order valence-electron chi connectivity index (χ1n) is 9.42. The number of benzene rings is 1. The first kappa shape index (κ1) is 21.3. The number of carbonyl (C=O) groups is 1. The minimum absolute atomic E-state index is 0.0391. The average Bonchev–Trinajstić information content (AvgIpc) is 2.70. The van der Waals surface area contributed by atoms with Crippen LogP contribution < -0.4 is 16.0 Å². The lowest BCUT2D eigenvalue weighted by Gasteiger charge is -2.30. The molecule has 3 atom stereocenters. The molecular weight excluding hydrogens is 367 g/mol. The van der Waals surface area contributed by atoms with Gasteiger partial charge < -0.3 is 16.0 Å². The van der Waals surface area contributed by atoms with E-state index >= 15 is 0 Å². The summed E-state index contributed by atoms with van der Waals surface area (Å²) in [7, 11) is 0.931. The predicted octanol–water partition coefficient (Wildman–Crippen LogP) is 1.80. The van der Waals surface area contributed by atoms with E-state index in [9.17, 15) is 13.4 Å². The van der Waals surface area contributed by atoms with E-state index in [1.165, 1.54) is 12.1 Å². The predicted molar refractivity (Wildman–Crippen MR) is 108 cm³/mol. The van der Waals surface area contributed by atoms with Crippen LogP contribution in [0.1, 0.15) is 43.0 Å². The van der Waals surface area contributed by atoms with Crippen molar-refractivity contribution in [3.8, 4) is 0 Å². The molecule has 0 saturated heterocycles. The zero-order valence-electron chi connectivity index (χ0n) is 16.0. The Morgan fingerprint density at radius 3 is 2.70 bits per heavy atom. The van der Waals surface area contributed by atoms with Crippen LogP contribution in [0.2, 0.25) is 0 Å². The molecule has 1 aliphatic carbocycles. The van der Waals surface area contributed by atoms with Crippen molar-refractivity contribution in [2.75, 3.05) is 25.9 Å². The highest BCUT2D eigenvalue weighted by molar-refractivity contribution is 7.85. The summed E-state index contributed by atoms with van der Waals surface area (Å²) in [6.45, 7) is 2.78. The molecule has 0 radical (unpaired) electrons. The minimum atomic E-state index is -0.762. The summed E-state index contributed by atoms with van der Waals surface area (Å²) in [6, 6.07) is 6.15. The van der Waals surface area contributed by atoms with Crippen molar-refractivity contribution >= 4 is 22.7 Å². The maximum Gasteiger partial charge on any atom is 0.254 e. The smallest absolute Gasteiger partial charge is 0.254 e. The van der Waals surface area contributed by atoms with E-state index in [1.807, 2.05) is 6.92 Å². The lowest BCUT2D eigenvalue weighted by Crippen LogP contribution is -2.48. The van der Waals surface area contributed by atoms with Gasteiger partial charge in [-0.05, 0) is 31.4 Å². The number of nitrogens with one attached hydrogen (secondary N) is 3. The quantitative estimate of drug-likeness (QED) is 0.373. The topological polar surface area (TPSA) is 82.6 Å². The highest BCUT2D eigenvalue weighted by Crippen LogP contribution is 2.22. The van der Waals surface area contributed by atoms with Crippen LogP contribution in [-0.2, 0) is 10.8 Å². The highest BCUT2D eigenvalue weighted by atomic mass is 32.2. The number of halogens is 1. The first-order valence-corrected chi connectivity index (χ1v) is 10.8. The summed E-state index contributed by atoms with van der Waals surface area (Å²) in [5.41, 5.74) is 0.0391. The van der Waals surface area contributed by atoms with Crippen LogP contribution in [0.4, 0.5) is 4.39 Å². The fraction of sp³-hybridized carbons (Fsp3) is 0.579. The molecule has 150 valence electrons. The first-order chi connectivity index (χ1) is 13.0. The molecule has 1 aromatic carbocycles. The number of carbonyl (C=O) groups excluding carboxylic acids is 1. The second-order valence-corrected chi connectivity index (χ2v) is 8.54. The van der Waals surface area contributed by atoms with Gasteiger partial charge in [-0.3, -0.25) is 14.0 Å². The molecule has 0 aliphatic heterocycles. The van der Waals surface area contributed by atoms with E-state index in [4.69, 9.17) is 0 Å². The van der Waals surface area contributed by atoms with Gasteiger partial charge in [0.25, 0.3) is 5.91 Å². The third-order valence-corrected chi connectivity index (χ3v) is 6.41. The van der Waals surface area contributed by atoms with Crippen molar-refractivity contribution in [1.82, 2.24) is 16.0 Å².